The first-order valence-corrected chi connectivity index (χ1v) is 17.8. The van der Waals surface area contributed by atoms with Crippen LogP contribution in [0.3, 0.4) is 0 Å². The maximum Gasteiger partial charge on any atom is 0.417 e. The monoisotopic (exact) mass is 714 g/mol. The van der Waals surface area contributed by atoms with E-state index in [9.17, 15) is 52.8 Å². The summed E-state index contributed by atoms with van der Waals surface area (Å²) < 4.78 is 121. The minimum atomic E-state index is -4.53. The van der Waals surface area contributed by atoms with Crippen molar-refractivity contribution in [3.05, 3.63) is 47.8 Å². The number of nitrogens with one attached hydrogen (secondary N) is 2. The van der Waals surface area contributed by atoms with Crippen molar-refractivity contribution in [2.75, 3.05) is 22.1 Å². The van der Waals surface area contributed by atoms with Gasteiger partial charge in [-0.25, -0.2) is 26.8 Å². The molecular formula is C29H36F6N4O6S2. The second-order valence-corrected chi connectivity index (χ2v) is 17.8. The molecule has 2 heterocycles. The van der Waals surface area contributed by atoms with Crippen LogP contribution < -0.4 is 10.6 Å². The number of sulfone groups is 2. The van der Waals surface area contributed by atoms with Gasteiger partial charge in [-0.3, -0.25) is 9.59 Å². The summed E-state index contributed by atoms with van der Waals surface area (Å²) in [5.41, 5.74) is -1.89. The van der Waals surface area contributed by atoms with Crippen LogP contribution in [0.1, 0.15) is 70.9 Å². The van der Waals surface area contributed by atoms with Crippen molar-refractivity contribution in [3.8, 4) is 0 Å². The number of alkyl halides is 6. The maximum absolute atomic E-state index is 12.5. The summed E-state index contributed by atoms with van der Waals surface area (Å²) in [5, 5.41) is 4.54. The molecule has 0 aliphatic heterocycles. The number of rotatable bonds is 10. The van der Waals surface area contributed by atoms with E-state index in [0.717, 1.165) is 56.4 Å². The van der Waals surface area contributed by atoms with E-state index >= 15 is 0 Å². The van der Waals surface area contributed by atoms with E-state index < -0.39 is 64.5 Å². The lowest BCUT2D eigenvalue weighted by Gasteiger charge is -2.30. The van der Waals surface area contributed by atoms with Crippen LogP contribution in [0.15, 0.2) is 36.7 Å². The average molecular weight is 715 g/mol. The van der Waals surface area contributed by atoms with Crippen LogP contribution >= 0.6 is 0 Å². The first kappa shape index (κ1) is 38.2. The van der Waals surface area contributed by atoms with Gasteiger partial charge in [0.1, 0.15) is 21.1 Å². The Labute approximate surface area is 269 Å². The Kier molecular flexibility index (Phi) is 11.1. The number of pyridine rings is 2. The Bertz CT molecular complexity index is 1650. The normalized spacial score (nSPS) is 16.4. The predicted octanol–water partition coefficient (Wildman–Crippen LogP) is 5.67. The zero-order chi connectivity index (χ0) is 35.6. The van der Waals surface area contributed by atoms with Crippen LogP contribution in [0.5, 0.6) is 0 Å². The van der Waals surface area contributed by atoms with Crippen LogP contribution in [-0.2, 0) is 41.6 Å². The van der Waals surface area contributed by atoms with E-state index in [1.54, 1.807) is 0 Å². The number of carbonyl (C=O) groups is 2. The predicted molar refractivity (Wildman–Crippen MR) is 162 cm³/mol. The molecule has 0 unspecified atom stereocenters. The van der Waals surface area contributed by atoms with Crippen molar-refractivity contribution in [3.63, 3.8) is 0 Å². The molecule has 0 radical (unpaired) electrons. The molecule has 0 spiro atoms. The largest absolute Gasteiger partial charge is 0.417 e. The highest BCUT2D eigenvalue weighted by atomic mass is 32.2. The van der Waals surface area contributed by atoms with Crippen molar-refractivity contribution in [2.45, 2.75) is 81.6 Å². The van der Waals surface area contributed by atoms with Gasteiger partial charge < -0.3 is 10.6 Å². The van der Waals surface area contributed by atoms with Gasteiger partial charge in [0.2, 0.25) is 11.8 Å². The van der Waals surface area contributed by atoms with Crippen LogP contribution in [0, 0.1) is 11.8 Å². The van der Waals surface area contributed by atoms with Crippen LogP contribution in [-0.4, -0.2) is 59.6 Å². The highest BCUT2D eigenvalue weighted by Crippen LogP contribution is 2.35. The number of amides is 2. The van der Waals surface area contributed by atoms with Gasteiger partial charge in [0.25, 0.3) is 0 Å². The van der Waals surface area contributed by atoms with Gasteiger partial charge >= 0.3 is 12.4 Å². The second kappa shape index (κ2) is 13.7. The SMILES string of the molecule is CC(C)(C(=O)Nc1ccc(C(F)(F)F)cn1)S(=O)(=O)CC1CC1.CC(C)(C(=O)Nc1ccc(C(F)(F)F)cn1)S(=O)(=O)CC1CCC1. The minimum absolute atomic E-state index is 0.0616. The minimum Gasteiger partial charge on any atom is -0.309 e. The molecule has 2 aliphatic carbocycles. The quantitative estimate of drug-likeness (QED) is 0.299. The third-order valence-corrected chi connectivity index (χ3v) is 13.4. The molecule has 18 heteroatoms. The van der Waals surface area contributed by atoms with Gasteiger partial charge in [-0.15, -0.1) is 0 Å². The fourth-order valence-corrected chi connectivity index (χ4v) is 7.48. The summed E-state index contributed by atoms with van der Waals surface area (Å²) in [6, 6.07) is 3.53. The molecule has 2 fully saturated rings. The third-order valence-electron chi connectivity index (χ3n) is 8.15. The fraction of sp³-hybridized carbons (Fsp3) is 0.586. The summed E-state index contributed by atoms with van der Waals surface area (Å²) in [7, 11) is -7.36. The molecular weight excluding hydrogens is 678 g/mol. The fourth-order valence-electron chi connectivity index (χ4n) is 4.07. The van der Waals surface area contributed by atoms with Crippen molar-refractivity contribution >= 4 is 43.1 Å². The van der Waals surface area contributed by atoms with E-state index in [1.807, 2.05) is 0 Å². The van der Waals surface area contributed by atoms with Gasteiger partial charge in [-0.05, 0) is 89.5 Å². The molecule has 2 aromatic heterocycles. The van der Waals surface area contributed by atoms with E-state index in [2.05, 4.69) is 20.6 Å². The summed E-state index contributed by atoms with van der Waals surface area (Å²) in [6.45, 7) is 5.15. The number of halogens is 6. The summed E-state index contributed by atoms with van der Waals surface area (Å²) in [5.74, 6) is -1.83. The Morgan fingerprint density at radius 3 is 1.23 bits per heavy atom. The summed E-state index contributed by atoms with van der Waals surface area (Å²) >= 11 is 0. The molecule has 2 aliphatic rings. The Hall–Kier alpha value is -3.28. The lowest BCUT2D eigenvalue weighted by atomic mass is 9.87. The molecule has 0 bridgehead atoms. The van der Waals surface area contributed by atoms with Crippen molar-refractivity contribution < 1.29 is 52.8 Å². The van der Waals surface area contributed by atoms with E-state index in [4.69, 9.17) is 0 Å². The highest BCUT2D eigenvalue weighted by Gasteiger charge is 2.45. The highest BCUT2D eigenvalue weighted by molar-refractivity contribution is 7.93. The van der Waals surface area contributed by atoms with Gasteiger partial charge in [-0.2, -0.15) is 26.3 Å². The number of carbonyl (C=O) groups excluding carboxylic acids is 2. The molecule has 2 saturated carbocycles. The van der Waals surface area contributed by atoms with Crippen molar-refractivity contribution in [2.24, 2.45) is 11.8 Å². The molecule has 0 atom stereocenters. The average Bonchev–Trinajstić information content (AvgIpc) is 3.74. The number of anilines is 2. The number of hydrogen-bond donors (Lipinski definition) is 2. The van der Waals surface area contributed by atoms with Crippen LogP contribution in [0.25, 0.3) is 0 Å². The zero-order valence-electron chi connectivity index (χ0n) is 26.0. The molecule has 4 rings (SSSR count). The molecule has 10 nitrogen and oxygen atoms in total. The standard InChI is InChI=1S/C15H19F3N2O3S.C14H17F3N2O3S/c1-14(2,24(22,23)9-10-4-3-5-10)13(21)20-12-7-6-11(8-19-12)15(16,17)18;1-13(2,23(21,22)8-9-3-4-9)12(20)19-11-6-5-10(7-18-11)14(15,16)17/h6-8,10H,3-5,9H2,1-2H3,(H,19,20,21);5-7,9H,3-4,8H2,1-2H3,(H,18,19,20). The summed E-state index contributed by atoms with van der Waals surface area (Å²) in [4.78, 5) is 31.5. The molecule has 262 valence electrons. The van der Waals surface area contributed by atoms with E-state index in [1.165, 1.54) is 27.7 Å². The number of aromatic nitrogens is 2. The van der Waals surface area contributed by atoms with Gasteiger partial charge in [0.15, 0.2) is 19.7 Å². The Morgan fingerprint density at radius 1 is 0.660 bits per heavy atom. The molecule has 47 heavy (non-hydrogen) atoms. The number of nitrogens with zero attached hydrogens (tertiary/aromatic N) is 2. The van der Waals surface area contributed by atoms with Gasteiger partial charge in [0, 0.05) is 12.4 Å². The number of hydrogen-bond acceptors (Lipinski definition) is 8. The molecule has 0 aromatic carbocycles. The van der Waals surface area contributed by atoms with E-state index in [0.29, 0.717) is 12.4 Å². The van der Waals surface area contributed by atoms with Crippen LogP contribution in [0.4, 0.5) is 38.0 Å². The first-order chi connectivity index (χ1) is 21.4. The Morgan fingerprint density at radius 2 is 1.00 bits per heavy atom. The Balaban J connectivity index is 0.000000256. The molecule has 2 aromatic rings. The first-order valence-electron chi connectivity index (χ1n) is 14.5. The van der Waals surface area contributed by atoms with E-state index in [-0.39, 0.29) is 35.0 Å². The van der Waals surface area contributed by atoms with Gasteiger partial charge in [0.05, 0.1) is 22.6 Å². The smallest absolute Gasteiger partial charge is 0.309 e. The third kappa shape index (κ3) is 9.64. The zero-order valence-corrected chi connectivity index (χ0v) is 27.6. The second-order valence-electron chi connectivity index (χ2n) is 12.6. The lowest BCUT2D eigenvalue weighted by Crippen LogP contribution is -2.47. The maximum atomic E-state index is 12.5. The molecule has 0 saturated heterocycles. The van der Waals surface area contributed by atoms with Crippen molar-refractivity contribution in [1.29, 1.82) is 0 Å². The molecule has 2 amide bonds. The summed E-state index contributed by atoms with van der Waals surface area (Å²) in [6.07, 6.45) is -3.57. The van der Waals surface area contributed by atoms with Crippen LogP contribution in [0.2, 0.25) is 0 Å². The van der Waals surface area contributed by atoms with Crippen molar-refractivity contribution in [1.82, 2.24) is 9.97 Å². The topological polar surface area (TPSA) is 152 Å². The lowest BCUT2D eigenvalue weighted by molar-refractivity contribution is -0.138. The molecule has 2 N–H and O–H groups in total. The van der Waals surface area contributed by atoms with Gasteiger partial charge in [-0.1, -0.05) is 6.42 Å².